The minimum Gasteiger partial charge on any atom is -0.347 e. The second kappa shape index (κ2) is 7.62. The molecule has 0 aliphatic rings. The Morgan fingerprint density at radius 2 is 1.72 bits per heavy atom. The standard InChI is InChI=1S/C21H21N3O/c1-16(2)21(25)22-13-19-15-24(14-17-9-5-3-6-10-17)20(23-19)18-11-7-4-8-12-18/h3-12,15H,1,13-14H2,2H3,(H,22,25). The molecule has 126 valence electrons. The van der Waals surface area contributed by atoms with Crippen molar-refractivity contribution in [3.8, 4) is 11.4 Å². The van der Waals surface area contributed by atoms with E-state index in [1.165, 1.54) is 5.56 Å². The van der Waals surface area contributed by atoms with Crippen molar-refractivity contribution in [2.75, 3.05) is 0 Å². The number of amides is 1. The molecular weight excluding hydrogens is 310 g/mol. The van der Waals surface area contributed by atoms with E-state index >= 15 is 0 Å². The molecular formula is C21H21N3O. The number of hydrogen-bond acceptors (Lipinski definition) is 2. The Morgan fingerprint density at radius 3 is 2.36 bits per heavy atom. The molecule has 4 nitrogen and oxygen atoms in total. The molecule has 0 fully saturated rings. The molecule has 1 aromatic heterocycles. The van der Waals surface area contributed by atoms with Gasteiger partial charge in [0.15, 0.2) is 0 Å². The average Bonchev–Trinajstić information content (AvgIpc) is 3.04. The van der Waals surface area contributed by atoms with E-state index in [9.17, 15) is 4.79 Å². The maximum Gasteiger partial charge on any atom is 0.246 e. The van der Waals surface area contributed by atoms with Gasteiger partial charge in [0.25, 0.3) is 0 Å². The molecule has 1 N–H and O–H groups in total. The Hall–Kier alpha value is -3.14. The summed E-state index contributed by atoms with van der Waals surface area (Å²) in [4.78, 5) is 16.5. The van der Waals surface area contributed by atoms with E-state index in [1.807, 2.05) is 54.7 Å². The molecule has 25 heavy (non-hydrogen) atoms. The summed E-state index contributed by atoms with van der Waals surface area (Å²) in [6, 6.07) is 20.3. The molecule has 0 radical (unpaired) electrons. The monoisotopic (exact) mass is 331 g/mol. The first kappa shape index (κ1) is 16.7. The van der Waals surface area contributed by atoms with Crippen molar-refractivity contribution in [1.82, 2.24) is 14.9 Å². The summed E-state index contributed by atoms with van der Waals surface area (Å²) in [5.74, 6) is 0.739. The van der Waals surface area contributed by atoms with Crippen molar-refractivity contribution in [3.05, 3.63) is 90.3 Å². The van der Waals surface area contributed by atoms with Crippen molar-refractivity contribution in [1.29, 1.82) is 0 Å². The molecule has 1 amide bonds. The third-order valence-corrected chi connectivity index (χ3v) is 3.87. The highest BCUT2D eigenvalue weighted by Crippen LogP contribution is 2.20. The number of carbonyl (C=O) groups excluding carboxylic acids is 1. The number of nitrogens with one attached hydrogen (secondary N) is 1. The van der Waals surface area contributed by atoms with Gasteiger partial charge in [0, 0.05) is 23.9 Å². The minimum absolute atomic E-state index is 0.154. The fourth-order valence-electron chi connectivity index (χ4n) is 2.60. The molecule has 0 bridgehead atoms. The maximum atomic E-state index is 11.7. The minimum atomic E-state index is -0.154. The van der Waals surface area contributed by atoms with Crippen LogP contribution in [0.3, 0.4) is 0 Å². The highest BCUT2D eigenvalue weighted by atomic mass is 16.1. The van der Waals surface area contributed by atoms with Crippen molar-refractivity contribution >= 4 is 5.91 Å². The number of imidazole rings is 1. The first-order valence-corrected chi connectivity index (χ1v) is 8.22. The van der Waals surface area contributed by atoms with Gasteiger partial charge in [0.2, 0.25) is 5.91 Å². The lowest BCUT2D eigenvalue weighted by atomic mass is 10.2. The summed E-state index contributed by atoms with van der Waals surface area (Å²) in [5.41, 5.74) is 3.57. The molecule has 0 aliphatic heterocycles. The lowest BCUT2D eigenvalue weighted by Gasteiger charge is -2.07. The fraction of sp³-hybridized carbons (Fsp3) is 0.143. The number of rotatable bonds is 6. The van der Waals surface area contributed by atoms with E-state index in [0.717, 1.165) is 23.6 Å². The quantitative estimate of drug-likeness (QED) is 0.699. The Labute approximate surface area is 147 Å². The van der Waals surface area contributed by atoms with Gasteiger partial charge in [-0.2, -0.15) is 0 Å². The molecule has 0 aliphatic carbocycles. The SMILES string of the molecule is C=C(C)C(=O)NCc1cn(Cc2ccccc2)c(-c2ccccc2)n1. The Balaban J connectivity index is 1.88. The highest BCUT2D eigenvalue weighted by molar-refractivity contribution is 5.91. The van der Waals surface area contributed by atoms with E-state index in [1.54, 1.807) is 6.92 Å². The van der Waals surface area contributed by atoms with E-state index in [4.69, 9.17) is 4.98 Å². The lowest BCUT2D eigenvalue weighted by Crippen LogP contribution is -2.23. The predicted molar refractivity (Wildman–Crippen MR) is 99.9 cm³/mol. The van der Waals surface area contributed by atoms with Crippen molar-refractivity contribution in [3.63, 3.8) is 0 Å². The van der Waals surface area contributed by atoms with Gasteiger partial charge in [-0.3, -0.25) is 4.79 Å². The van der Waals surface area contributed by atoms with Crippen LogP contribution in [0.15, 0.2) is 79.0 Å². The Morgan fingerprint density at radius 1 is 1.08 bits per heavy atom. The number of carbonyl (C=O) groups is 1. The number of benzene rings is 2. The first-order valence-electron chi connectivity index (χ1n) is 8.22. The summed E-state index contributed by atoms with van der Waals surface area (Å²) >= 11 is 0. The summed E-state index contributed by atoms with van der Waals surface area (Å²) in [7, 11) is 0. The number of aromatic nitrogens is 2. The largest absolute Gasteiger partial charge is 0.347 e. The fourth-order valence-corrected chi connectivity index (χ4v) is 2.60. The van der Waals surface area contributed by atoms with E-state index in [0.29, 0.717) is 12.1 Å². The van der Waals surface area contributed by atoms with Gasteiger partial charge in [-0.25, -0.2) is 4.98 Å². The van der Waals surface area contributed by atoms with Crippen molar-refractivity contribution in [2.45, 2.75) is 20.0 Å². The molecule has 0 spiro atoms. The zero-order valence-electron chi connectivity index (χ0n) is 14.3. The zero-order chi connectivity index (χ0) is 17.6. The maximum absolute atomic E-state index is 11.7. The van der Waals surface area contributed by atoms with E-state index < -0.39 is 0 Å². The number of hydrogen-bond donors (Lipinski definition) is 1. The Kier molecular flexibility index (Phi) is 5.09. The molecule has 1 heterocycles. The molecule has 0 atom stereocenters. The van der Waals surface area contributed by atoms with Gasteiger partial charge in [0.05, 0.1) is 12.2 Å². The van der Waals surface area contributed by atoms with Crippen LogP contribution in [0.25, 0.3) is 11.4 Å². The normalized spacial score (nSPS) is 10.4. The second-order valence-corrected chi connectivity index (χ2v) is 6.00. The molecule has 3 aromatic rings. The molecule has 0 saturated heterocycles. The predicted octanol–water partition coefficient (Wildman–Crippen LogP) is 3.79. The van der Waals surface area contributed by atoms with Crippen LogP contribution in [0.2, 0.25) is 0 Å². The molecule has 0 unspecified atom stereocenters. The van der Waals surface area contributed by atoms with Crippen LogP contribution < -0.4 is 5.32 Å². The van der Waals surface area contributed by atoms with Crippen LogP contribution in [0.4, 0.5) is 0 Å². The summed E-state index contributed by atoms with van der Waals surface area (Å²) < 4.78 is 2.12. The van der Waals surface area contributed by atoms with E-state index in [2.05, 4.69) is 28.6 Å². The van der Waals surface area contributed by atoms with Gasteiger partial charge < -0.3 is 9.88 Å². The van der Waals surface area contributed by atoms with Gasteiger partial charge >= 0.3 is 0 Å². The third kappa shape index (κ3) is 4.23. The van der Waals surface area contributed by atoms with Crippen molar-refractivity contribution in [2.24, 2.45) is 0 Å². The zero-order valence-corrected chi connectivity index (χ0v) is 14.3. The van der Waals surface area contributed by atoms with Crippen LogP contribution in [0.1, 0.15) is 18.2 Å². The van der Waals surface area contributed by atoms with Gasteiger partial charge in [-0.05, 0) is 12.5 Å². The van der Waals surface area contributed by atoms with Crippen LogP contribution in [-0.4, -0.2) is 15.5 Å². The topological polar surface area (TPSA) is 46.9 Å². The van der Waals surface area contributed by atoms with Gasteiger partial charge in [-0.15, -0.1) is 0 Å². The molecule has 2 aromatic carbocycles. The summed E-state index contributed by atoms with van der Waals surface area (Å²) in [5, 5.41) is 2.84. The van der Waals surface area contributed by atoms with E-state index in [-0.39, 0.29) is 5.91 Å². The molecule has 0 saturated carbocycles. The molecule has 3 rings (SSSR count). The average molecular weight is 331 g/mol. The van der Waals surface area contributed by atoms with Crippen LogP contribution in [0, 0.1) is 0 Å². The first-order chi connectivity index (χ1) is 12.1. The van der Waals surface area contributed by atoms with Gasteiger partial charge in [0.1, 0.15) is 5.82 Å². The third-order valence-electron chi connectivity index (χ3n) is 3.87. The van der Waals surface area contributed by atoms with Crippen LogP contribution in [-0.2, 0) is 17.9 Å². The molecule has 4 heteroatoms. The summed E-state index contributed by atoms with van der Waals surface area (Å²) in [6.07, 6.45) is 1.99. The van der Waals surface area contributed by atoms with Gasteiger partial charge in [-0.1, -0.05) is 67.2 Å². The van der Waals surface area contributed by atoms with Crippen LogP contribution in [0.5, 0.6) is 0 Å². The van der Waals surface area contributed by atoms with Crippen molar-refractivity contribution < 1.29 is 4.79 Å². The highest BCUT2D eigenvalue weighted by Gasteiger charge is 2.11. The smallest absolute Gasteiger partial charge is 0.246 e. The number of nitrogens with zero attached hydrogens (tertiary/aromatic N) is 2. The summed E-state index contributed by atoms with van der Waals surface area (Å²) in [6.45, 7) is 6.46. The van der Waals surface area contributed by atoms with Crippen LogP contribution >= 0.6 is 0 Å². The Bertz CT molecular complexity index is 867. The second-order valence-electron chi connectivity index (χ2n) is 6.00. The lowest BCUT2D eigenvalue weighted by molar-refractivity contribution is -0.117.